The third kappa shape index (κ3) is 4.55. The number of carbonyl (C=O) groups is 1. The van der Waals surface area contributed by atoms with Gasteiger partial charge in [0.05, 0.1) is 6.10 Å². The van der Waals surface area contributed by atoms with E-state index < -0.39 is 22.0 Å². The van der Waals surface area contributed by atoms with Crippen LogP contribution in [0, 0.1) is 0 Å². The smallest absolute Gasteiger partial charge is 0.267 e. The van der Waals surface area contributed by atoms with Crippen molar-refractivity contribution in [2.75, 3.05) is 19.6 Å². The third-order valence-corrected chi connectivity index (χ3v) is 5.12. The standard InChI is InChI=1S/C13H23N3O4S/c1-4-16(5-2)21(19,20)11-8-12(15-9-11)13(18)14-7-6-10(3)17/h8-10,15,17H,4-7H2,1-3H3,(H,14,18). The lowest BCUT2D eigenvalue weighted by molar-refractivity contribution is 0.0941. The summed E-state index contributed by atoms with van der Waals surface area (Å²) in [5.41, 5.74) is 0.186. The van der Waals surface area contributed by atoms with Crippen LogP contribution in [0.15, 0.2) is 17.2 Å². The summed E-state index contributed by atoms with van der Waals surface area (Å²) in [5, 5.41) is 11.7. The van der Waals surface area contributed by atoms with Crippen LogP contribution in [-0.2, 0) is 10.0 Å². The Balaban J connectivity index is 2.79. The molecule has 0 aliphatic carbocycles. The number of nitrogens with zero attached hydrogens (tertiary/aromatic N) is 1. The minimum atomic E-state index is -3.57. The van der Waals surface area contributed by atoms with E-state index in [9.17, 15) is 13.2 Å². The van der Waals surface area contributed by atoms with Crippen molar-refractivity contribution >= 4 is 15.9 Å². The zero-order chi connectivity index (χ0) is 16.0. The molecular weight excluding hydrogens is 294 g/mol. The number of aromatic nitrogens is 1. The molecular formula is C13H23N3O4S. The molecule has 0 aliphatic heterocycles. The first-order chi connectivity index (χ1) is 9.82. The van der Waals surface area contributed by atoms with Gasteiger partial charge in [0.25, 0.3) is 5.91 Å². The molecule has 3 N–H and O–H groups in total. The van der Waals surface area contributed by atoms with E-state index in [2.05, 4.69) is 10.3 Å². The average molecular weight is 317 g/mol. The van der Waals surface area contributed by atoms with Gasteiger partial charge in [-0.05, 0) is 19.4 Å². The van der Waals surface area contributed by atoms with Crippen LogP contribution < -0.4 is 5.32 Å². The highest BCUT2D eigenvalue weighted by molar-refractivity contribution is 7.89. The summed E-state index contributed by atoms with van der Waals surface area (Å²) >= 11 is 0. The first-order valence-electron chi connectivity index (χ1n) is 6.97. The Morgan fingerprint density at radius 2 is 2.05 bits per heavy atom. The second kappa shape index (κ2) is 7.58. The molecule has 1 rings (SSSR count). The molecule has 0 spiro atoms. The Morgan fingerprint density at radius 1 is 1.43 bits per heavy atom. The highest BCUT2D eigenvalue weighted by atomic mass is 32.2. The molecule has 0 bridgehead atoms. The Bertz CT molecular complexity index is 562. The molecule has 1 unspecified atom stereocenters. The largest absolute Gasteiger partial charge is 0.393 e. The van der Waals surface area contributed by atoms with Crippen LogP contribution in [0.2, 0.25) is 0 Å². The zero-order valence-corrected chi connectivity index (χ0v) is 13.4. The third-order valence-electron chi connectivity index (χ3n) is 3.09. The fourth-order valence-corrected chi connectivity index (χ4v) is 3.31. The van der Waals surface area contributed by atoms with Crippen molar-refractivity contribution in [3.05, 3.63) is 18.0 Å². The number of amides is 1. The van der Waals surface area contributed by atoms with E-state index >= 15 is 0 Å². The number of hydrogen-bond acceptors (Lipinski definition) is 4. The first kappa shape index (κ1) is 17.7. The van der Waals surface area contributed by atoms with Crippen molar-refractivity contribution in [3.8, 4) is 0 Å². The van der Waals surface area contributed by atoms with Crippen LogP contribution in [0.4, 0.5) is 0 Å². The van der Waals surface area contributed by atoms with Crippen LogP contribution in [-0.4, -0.2) is 54.5 Å². The Labute approximate surface area is 125 Å². The molecule has 21 heavy (non-hydrogen) atoms. The summed E-state index contributed by atoms with van der Waals surface area (Å²) in [6, 6.07) is 1.32. The van der Waals surface area contributed by atoms with Crippen LogP contribution in [0.3, 0.4) is 0 Å². The zero-order valence-electron chi connectivity index (χ0n) is 12.6. The van der Waals surface area contributed by atoms with Crippen LogP contribution in [0.1, 0.15) is 37.7 Å². The van der Waals surface area contributed by atoms with Gasteiger partial charge in [-0.3, -0.25) is 4.79 Å². The predicted molar refractivity (Wildman–Crippen MR) is 79.5 cm³/mol. The minimum absolute atomic E-state index is 0.0758. The van der Waals surface area contributed by atoms with Gasteiger partial charge in [-0.25, -0.2) is 8.42 Å². The lowest BCUT2D eigenvalue weighted by Gasteiger charge is -2.16. The van der Waals surface area contributed by atoms with Gasteiger partial charge in [0.15, 0.2) is 0 Å². The van der Waals surface area contributed by atoms with Gasteiger partial charge in [-0.2, -0.15) is 4.31 Å². The molecule has 0 aliphatic rings. The maximum absolute atomic E-state index is 12.3. The van der Waals surface area contributed by atoms with Crippen LogP contribution in [0.5, 0.6) is 0 Å². The van der Waals surface area contributed by atoms with E-state index in [4.69, 9.17) is 5.11 Å². The SMILES string of the molecule is CCN(CC)S(=O)(=O)c1c[nH]c(C(=O)NCCC(C)O)c1. The highest BCUT2D eigenvalue weighted by Gasteiger charge is 2.23. The summed E-state index contributed by atoms with van der Waals surface area (Å²) in [5.74, 6) is -0.392. The van der Waals surface area contributed by atoms with E-state index in [1.54, 1.807) is 20.8 Å². The molecule has 1 aromatic heterocycles. The van der Waals surface area contributed by atoms with Gasteiger partial charge >= 0.3 is 0 Å². The Hall–Kier alpha value is -1.38. The molecule has 8 heteroatoms. The molecule has 120 valence electrons. The number of aliphatic hydroxyl groups excluding tert-OH is 1. The van der Waals surface area contributed by atoms with Crippen molar-refractivity contribution < 1.29 is 18.3 Å². The number of rotatable bonds is 8. The highest BCUT2D eigenvalue weighted by Crippen LogP contribution is 2.16. The van der Waals surface area contributed by atoms with Gasteiger partial charge in [-0.15, -0.1) is 0 Å². The maximum atomic E-state index is 12.3. The van der Waals surface area contributed by atoms with E-state index in [-0.39, 0.29) is 10.6 Å². The molecule has 7 nitrogen and oxygen atoms in total. The van der Waals surface area contributed by atoms with Crippen molar-refractivity contribution in [1.82, 2.24) is 14.6 Å². The van der Waals surface area contributed by atoms with E-state index in [0.29, 0.717) is 26.1 Å². The van der Waals surface area contributed by atoms with Crippen molar-refractivity contribution in [1.29, 1.82) is 0 Å². The fourth-order valence-electron chi connectivity index (χ4n) is 1.86. The minimum Gasteiger partial charge on any atom is -0.393 e. The van der Waals surface area contributed by atoms with Gasteiger partial charge in [0.2, 0.25) is 10.0 Å². The Kier molecular flexibility index (Phi) is 6.38. The second-order valence-electron chi connectivity index (χ2n) is 4.73. The lowest BCUT2D eigenvalue weighted by atomic mass is 10.3. The lowest BCUT2D eigenvalue weighted by Crippen LogP contribution is -2.30. The summed E-state index contributed by atoms with van der Waals surface area (Å²) < 4.78 is 25.9. The monoisotopic (exact) mass is 317 g/mol. The molecule has 1 aromatic rings. The normalized spacial score (nSPS) is 13.4. The van der Waals surface area contributed by atoms with E-state index in [1.165, 1.54) is 16.6 Å². The number of nitrogens with one attached hydrogen (secondary N) is 2. The summed E-state index contributed by atoms with van der Waals surface area (Å²) in [7, 11) is -3.57. The predicted octanol–water partition coefficient (Wildman–Crippen LogP) is 0.546. The van der Waals surface area contributed by atoms with Gasteiger partial charge < -0.3 is 15.4 Å². The molecule has 1 atom stereocenters. The number of sulfonamides is 1. The van der Waals surface area contributed by atoms with Crippen LogP contribution in [0.25, 0.3) is 0 Å². The molecule has 0 fully saturated rings. The van der Waals surface area contributed by atoms with Crippen LogP contribution >= 0.6 is 0 Å². The van der Waals surface area contributed by atoms with Crippen molar-refractivity contribution in [2.24, 2.45) is 0 Å². The fraction of sp³-hybridized carbons (Fsp3) is 0.615. The molecule has 1 amide bonds. The van der Waals surface area contributed by atoms with Crippen molar-refractivity contribution in [2.45, 2.75) is 38.2 Å². The number of aromatic amines is 1. The van der Waals surface area contributed by atoms with Gasteiger partial charge in [0, 0.05) is 25.8 Å². The van der Waals surface area contributed by atoms with Gasteiger partial charge in [0.1, 0.15) is 10.6 Å². The Morgan fingerprint density at radius 3 is 2.57 bits per heavy atom. The number of hydrogen-bond donors (Lipinski definition) is 3. The van der Waals surface area contributed by atoms with Gasteiger partial charge in [-0.1, -0.05) is 13.8 Å². The molecule has 0 radical (unpaired) electrons. The number of carbonyl (C=O) groups excluding carboxylic acids is 1. The van der Waals surface area contributed by atoms with E-state index in [0.717, 1.165) is 0 Å². The molecule has 1 heterocycles. The molecule has 0 aromatic carbocycles. The molecule has 0 saturated carbocycles. The number of aliphatic hydroxyl groups is 1. The summed E-state index contributed by atoms with van der Waals surface area (Å²) in [6.45, 7) is 6.23. The quantitative estimate of drug-likeness (QED) is 0.651. The molecule has 0 saturated heterocycles. The first-order valence-corrected chi connectivity index (χ1v) is 8.41. The summed E-state index contributed by atoms with van der Waals surface area (Å²) in [4.78, 5) is 14.6. The topological polar surface area (TPSA) is 103 Å². The number of H-pyrrole nitrogens is 1. The average Bonchev–Trinajstić information content (AvgIpc) is 2.89. The maximum Gasteiger partial charge on any atom is 0.267 e. The second-order valence-corrected chi connectivity index (χ2v) is 6.67. The van der Waals surface area contributed by atoms with Crippen molar-refractivity contribution in [3.63, 3.8) is 0 Å². The summed E-state index contributed by atoms with van der Waals surface area (Å²) in [6.07, 6.45) is 1.27. The van der Waals surface area contributed by atoms with E-state index in [1.807, 2.05) is 0 Å².